The number of hydrogen-bond donors (Lipinski definition) is 2. The van der Waals surface area contributed by atoms with Crippen molar-refractivity contribution in [2.75, 3.05) is 0 Å². The summed E-state index contributed by atoms with van der Waals surface area (Å²) in [5.74, 6) is -0.101. The molecule has 2 N–H and O–H groups in total. The predicted octanol–water partition coefficient (Wildman–Crippen LogP) is 3.56. The van der Waals surface area contributed by atoms with Gasteiger partial charge >= 0.3 is 5.97 Å². The topological polar surface area (TPSA) is 49.3 Å². The van der Waals surface area contributed by atoms with E-state index < -0.39 is 5.97 Å². The molecule has 3 rings (SSSR count). The Morgan fingerprint density at radius 2 is 1.71 bits per heavy atom. The lowest BCUT2D eigenvalue weighted by molar-refractivity contribution is -0.142. The van der Waals surface area contributed by atoms with Crippen LogP contribution in [-0.4, -0.2) is 23.2 Å². The second kappa shape index (κ2) is 6.61. The second-order valence-electron chi connectivity index (χ2n) is 6.61. The highest BCUT2D eigenvalue weighted by Crippen LogP contribution is 2.36. The maximum atomic E-state index is 11.0. The molecule has 2 aliphatic carbocycles. The first-order valence-electron chi connectivity index (χ1n) is 8.28. The summed E-state index contributed by atoms with van der Waals surface area (Å²) >= 11 is 0. The highest BCUT2D eigenvalue weighted by Gasteiger charge is 2.32. The summed E-state index contributed by atoms with van der Waals surface area (Å²) in [5, 5.41) is 12.9. The van der Waals surface area contributed by atoms with Crippen LogP contribution in [0.2, 0.25) is 0 Å². The molecule has 2 atom stereocenters. The molecule has 2 saturated carbocycles. The van der Waals surface area contributed by atoms with Crippen molar-refractivity contribution in [1.82, 2.24) is 5.32 Å². The number of aliphatic carboxylic acids is 1. The molecule has 1 aromatic carbocycles. The third kappa shape index (κ3) is 3.46. The Balaban J connectivity index is 1.56. The predicted molar refractivity (Wildman–Crippen MR) is 83.3 cm³/mol. The molecule has 1 aromatic rings. The minimum Gasteiger partial charge on any atom is -0.481 e. The molecule has 0 spiro atoms. The van der Waals surface area contributed by atoms with Gasteiger partial charge in [0.1, 0.15) is 0 Å². The van der Waals surface area contributed by atoms with Crippen molar-refractivity contribution in [2.45, 2.75) is 62.9 Å². The summed E-state index contributed by atoms with van der Waals surface area (Å²) in [6, 6.07) is 11.9. The summed E-state index contributed by atoms with van der Waals surface area (Å²) in [6.07, 6.45) is 7.49. The zero-order valence-electron chi connectivity index (χ0n) is 12.5. The molecule has 0 aromatic heterocycles. The fraction of sp³-hybridized carbons (Fsp3) is 0.611. The fourth-order valence-corrected chi connectivity index (χ4v) is 4.07. The van der Waals surface area contributed by atoms with Gasteiger partial charge in [0, 0.05) is 12.1 Å². The molecule has 0 radical (unpaired) electrons. The lowest BCUT2D eigenvalue weighted by Crippen LogP contribution is -2.42. The van der Waals surface area contributed by atoms with Crippen molar-refractivity contribution >= 4 is 5.97 Å². The smallest absolute Gasteiger partial charge is 0.306 e. The van der Waals surface area contributed by atoms with Crippen molar-refractivity contribution < 1.29 is 9.90 Å². The number of carboxylic acids is 1. The van der Waals surface area contributed by atoms with E-state index in [0.717, 1.165) is 25.7 Å². The lowest BCUT2D eigenvalue weighted by Gasteiger charge is -2.32. The molecule has 3 heteroatoms. The SMILES string of the molecule is O=C(O)C1CCC(N[C@@H]2CCC[C@H]2c2ccccc2)CC1. The standard InChI is InChI=1S/C18H25NO2/c20-18(21)14-9-11-15(12-10-14)19-17-8-4-7-16(17)13-5-2-1-3-6-13/h1-3,5-6,14-17,19H,4,7-12H2,(H,20,21)/t14?,15?,16-,17+/m0/s1. The molecule has 0 aliphatic heterocycles. The normalized spacial score (nSPS) is 33.0. The highest BCUT2D eigenvalue weighted by molar-refractivity contribution is 5.70. The van der Waals surface area contributed by atoms with Crippen LogP contribution in [0.25, 0.3) is 0 Å². The average molecular weight is 287 g/mol. The van der Waals surface area contributed by atoms with E-state index in [2.05, 4.69) is 35.6 Å². The van der Waals surface area contributed by atoms with Gasteiger partial charge in [-0.2, -0.15) is 0 Å². The van der Waals surface area contributed by atoms with Gasteiger partial charge in [-0.15, -0.1) is 0 Å². The van der Waals surface area contributed by atoms with Gasteiger partial charge in [0.25, 0.3) is 0 Å². The summed E-state index contributed by atoms with van der Waals surface area (Å²) in [6.45, 7) is 0. The van der Waals surface area contributed by atoms with Gasteiger partial charge in [-0.3, -0.25) is 4.79 Å². The summed E-state index contributed by atoms with van der Waals surface area (Å²) < 4.78 is 0. The van der Waals surface area contributed by atoms with Crippen LogP contribution in [0, 0.1) is 5.92 Å². The van der Waals surface area contributed by atoms with E-state index >= 15 is 0 Å². The van der Waals surface area contributed by atoms with Gasteiger partial charge < -0.3 is 10.4 Å². The van der Waals surface area contributed by atoms with Gasteiger partial charge in [0.2, 0.25) is 0 Å². The molecule has 0 unspecified atom stereocenters. The number of benzene rings is 1. The quantitative estimate of drug-likeness (QED) is 0.890. The maximum Gasteiger partial charge on any atom is 0.306 e. The number of carboxylic acid groups (broad SMARTS) is 1. The van der Waals surface area contributed by atoms with E-state index in [1.54, 1.807) is 0 Å². The van der Waals surface area contributed by atoms with Gasteiger partial charge in [-0.1, -0.05) is 36.8 Å². The third-order valence-corrected chi connectivity index (χ3v) is 5.27. The number of rotatable bonds is 4. The monoisotopic (exact) mass is 287 g/mol. The third-order valence-electron chi connectivity index (χ3n) is 5.27. The van der Waals surface area contributed by atoms with E-state index in [1.165, 1.54) is 24.8 Å². The first kappa shape index (κ1) is 14.6. The Morgan fingerprint density at radius 3 is 2.38 bits per heavy atom. The lowest BCUT2D eigenvalue weighted by atomic mass is 9.85. The van der Waals surface area contributed by atoms with Crippen molar-refractivity contribution in [3.8, 4) is 0 Å². The largest absolute Gasteiger partial charge is 0.481 e. The van der Waals surface area contributed by atoms with E-state index in [4.69, 9.17) is 5.11 Å². The minimum atomic E-state index is -0.614. The minimum absolute atomic E-state index is 0.114. The molecule has 3 nitrogen and oxygen atoms in total. The molecule has 2 aliphatic rings. The molecule has 0 bridgehead atoms. The van der Waals surface area contributed by atoms with Crippen LogP contribution in [0.1, 0.15) is 56.4 Å². The molecule has 0 saturated heterocycles. The van der Waals surface area contributed by atoms with E-state index in [1.807, 2.05) is 0 Å². The Bertz CT molecular complexity index is 465. The van der Waals surface area contributed by atoms with E-state index in [9.17, 15) is 4.79 Å². The number of nitrogens with one attached hydrogen (secondary N) is 1. The van der Waals surface area contributed by atoms with Gasteiger partial charge in [-0.25, -0.2) is 0 Å². The van der Waals surface area contributed by atoms with E-state index in [0.29, 0.717) is 18.0 Å². The molecule has 2 fully saturated rings. The van der Waals surface area contributed by atoms with E-state index in [-0.39, 0.29) is 5.92 Å². The fourth-order valence-electron chi connectivity index (χ4n) is 4.07. The Hall–Kier alpha value is -1.35. The number of carbonyl (C=O) groups is 1. The summed E-state index contributed by atoms with van der Waals surface area (Å²) in [7, 11) is 0. The zero-order chi connectivity index (χ0) is 14.7. The van der Waals surface area contributed by atoms with Gasteiger partial charge in [-0.05, 0) is 50.0 Å². The Kier molecular flexibility index (Phi) is 4.59. The van der Waals surface area contributed by atoms with Crippen molar-refractivity contribution in [3.05, 3.63) is 35.9 Å². The first-order valence-corrected chi connectivity index (χ1v) is 8.28. The molecule has 114 valence electrons. The van der Waals surface area contributed by atoms with Gasteiger partial charge in [0.15, 0.2) is 0 Å². The van der Waals surface area contributed by atoms with Crippen LogP contribution in [-0.2, 0) is 4.79 Å². The van der Waals surface area contributed by atoms with Crippen LogP contribution >= 0.6 is 0 Å². The molecular weight excluding hydrogens is 262 g/mol. The van der Waals surface area contributed by atoms with Crippen LogP contribution in [0.3, 0.4) is 0 Å². The Labute approximate surface area is 126 Å². The molecule has 0 amide bonds. The molecule has 21 heavy (non-hydrogen) atoms. The molecular formula is C18H25NO2. The first-order chi connectivity index (χ1) is 10.2. The van der Waals surface area contributed by atoms with Crippen LogP contribution in [0.5, 0.6) is 0 Å². The average Bonchev–Trinajstić information content (AvgIpc) is 2.97. The molecule has 0 heterocycles. The Morgan fingerprint density at radius 1 is 1.00 bits per heavy atom. The highest BCUT2D eigenvalue weighted by atomic mass is 16.4. The van der Waals surface area contributed by atoms with Crippen molar-refractivity contribution in [2.24, 2.45) is 5.92 Å². The second-order valence-corrected chi connectivity index (χ2v) is 6.61. The van der Waals surface area contributed by atoms with Crippen LogP contribution < -0.4 is 5.32 Å². The van der Waals surface area contributed by atoms with Gasteiger partial charge in [0.05, 0.1) is 5.92 Å². The maximum absolute atomic E-state index is 11.0. The van der Waals surface area contributed by atoms with Crippen molar-refractivity contribution in [1.29, 1.82) is 0 Å². The summed E-state index contributed by atoms with van der Waals surface area (Å²) in [5.41, 5.74) is 1.45. The number of hydrogen-bond acceptors (Lipinski definition) is 2. The zero-order valence-corrected chi connectivity index (χ0v) is 12.5. The summed E-state index contributed by atoms with van der Waals surface area (Å²) in [4.78, 5) is 11.0. The van der Waals surface area contributed by atoms with Crippen LogP contribution in [0.4, 0.5) is 0 Å². The van der Waals surface area contributed by atoms with Crippen LogP contribution in [0.15, 0.2) is 30.3 Å². The van der Waals surface area contributed by atoms with Crippen molar-refractivity contribution in [3.63, 3.8) is 0 Å².